The summed E-state index contributed by atoms with van der Waals surface area (Å²) in [5.74, 6) is -2.06. The number of hydrogen-bond acceptors (Lipinski definition) is 2. The lowest BCUT2D eigenvalue weighted by molar-refractivity contribution is -0.174. The molecule has 0 aliphatic heterocycles. The van der Waals surface area contributed by atoms with Crippen molar-refractivity contribution in [2.75, 3.05) is 6.61 Å². The number of amides is 1. The quantitative estimate of drug-likeness (QED) is 0.829. The van der Waals surface area contributed by atoms with E-state index in [1.54, 1.807) is 23.5 Å². The fourth-order valence-electron chi connectivity index (χ4n) is 1.16. The van der Waals surface area contributed by atoms with Gasteiger partial charge in [-0.05, 0) is 5.56 Å². The van der Waals surface area contributed by atoms with Crippen LogP contribution in [-0.2, 0) is 4.79 Å². The Kier molecular flexibility index (Phi) is 3.89. The molecule has 1 atom stereocenters. The van der Waals surface area contributed by atoms with E-state index < -0.39 is 24.7 Å². The van der Waals surface area contributed by atoms with Crippen LogP contribution in [0.5, 0.6) is 0 Å². The van der Waals surface area contributed by atoms with Crippen molar-refractivity contribution in [3.05, 3.63) is 35.9 Å². The van der Waals surface area contributed by atoms with Crippen molar-refractivity contribution in [3.63, 3.8) is 0 Å². The van der Waals surface area contributed by atoms with Crippen LogP contribution in [0.3, 0.4) is 0 Å². The molecule has 0 aliphatic carbocycles. The van der Waals surface area contributed by atoms with E-state index in [-0.39, 0.29) is 0 Å². The fourth-order valence-corrected chi connectivity index (χ4v) is 1.16. The van der Waals surface area contributed by atoms with Gasteiger partial charge in [0.05, 0.1) is 12.6 Å². The number of alkyl halides is 3. The molecule has 2 N–H and O–H groups in total. The largest absolute Gasteiger partial charge is 0.471 e. The zero-order valence-electron chi connectivity index (χ0n) is 8.16. The summed E-state index contributed by atoms with van der Waals surface area (Å²) < 4.78 is 35.9. The molecule has 88 valence electrons. The topological polar surface area (TPSA) is 49.3 Å². The molecule has 1 aromatic carbocycles. The standard InChI is InChI=1S/C10H10F3NO2/c11-10(12,13)9(16)14-8(6-15)7-4-2-1-3-5-7/h1-5,8,15H,6H2,(H,14,16)/t8-/m0/s1. The Labute approximate surface area is 89.9 Å². The molecule has 0 bridgehead atoms. The predicted molar refractivity (Wildman–Crippen MR) is 50.5 cm³/mol. The molecule has 0 saturated heterocycles. The number of hydrogen-bond donors (Lipinski definition) is 2. The van der Waals surface area contributed by atoms with Gasteiger partial charge < -0.3 is 10.4 Å². The van der Waals surface area contributed by atoms with Gasteiger partial charge >= 0.3 is 12.1 Å². The van der Waals surface area contributed by atoms with Crippen LogP contribution in [0.2, 0.25) is 0 Å². The minimum atomic E-state index is -4.94. The van der Waals surface area contributed by atoms with Crippen LogP contribution in [0.4, 0.5) is 13.2 Å². The summed E-state index contributed by atoms with van der Waals surface area (Å²) in [5.41, 5.74) is 0.419. The summed E-state index contributed by atoms with van der Waals surface area (Å²) in [6.07, 6.45) is -4.94. The van der Waals surface area contributed by atoms with Crippen LogP contribution in [0.15, 0.2) is 30.3 Å². The first-order valence-electron chi connectivity index (χ1n) is 4.48. The van der Waals surface area contributed by atoms with Gasteiger partial charge in [0.15, 0.2) is 0 Å². The highest BCUT2D eigenvalue weighted by Crippen LogP contribution is 2.18. The summed E-state index contributed by atoms with van der Waals surface area (Å²) in [6.45, 7) is -0.591. The third-order valence-corrected chi connectivity index (χ3v) is 1.95. The van der Waals surface area contributed by atoms with Crippen LogP contribution < -0.4 is 5.32 Å². The van der Waals surface area contributed by atoms with Gasteiger partial charge in [-0.25, -0.2) is 0 Å². The molecular weight excluding hydrogens is 223 g/mol. The molecule has 1 aromatic rings. The second-order valence-electron chi connectivity index (χ2n) is 3.12. The van der Waals surface area contributed by atoms with E-state index >= 15 is 0 Å². The molecule has 3 nitrogen and oxygen atoms in total. The Balaban J connectivity index is 2.75. The summed E-state index contributed by atoms with van der Waals surface area (Å²) in [7, 11) is 0. The summed E-state index contributed by atoms with van der Waals surface area (Å²) in [6, 6.07) is 6.91. The lowest BCUT2D eigenvalue weighted by atomic mass is 10.1. The second-order valence-corrected chi connectivity index (χ2v) is 3.12. The van der Waals surface area contributed by atoms with E-state index in [0.717, 1.165) is 0 Å². The number of rotatable bonds is 3. The fraction of sp³-hybridized carbons (Fsp3) is 0.300. The summed E-state index contributed by atoms with van der Waals surface area (Å²) in [4.78, 5) is 10.7. The highest BCUT2D eigenvalue weighted by Gasteiger charge is 2.39. The predicted octanol–water partition coefficient (Wildman–Crippen LogP) is 1.40. The minimum absolute atomic E-state index is 0.419. The maximum absolute atomic E-state index is 12.0. The van der Waals surface area contributed by atoms with Crippen molar-refractivity contribution in [2.45, 2.75) is 12.2 Å². The van der Waals surface area contributed by atoms with Gasteiger partial charge in [-0.1, -0.05) is 30.3 Å². The zero-order valence-corrected chi connectivity index (χ0v) is 8.16. The van der Waals surface area contributed by atoms with E-state index in [4.69, 9.17) is 5.11 Å². The average Bonchev–Trinajstić information content (AvgIpc) is 2.25. The first-order valence-corrected chi connectivity index (χ1v) is 4.48. The molecule has 1 amide bonds. The maximum Gasteiger partial charge on any atom is 0.471 e. The Morgan fingerprint density at radius 1 is 1.31 bits per heavy atom. The number of benzene rings is 1. The molecular formula is C10H10F3NO2. The Hall–Kier alpha value is -1.56. The normalized spacial score (nSPS) is 13.2. The van der Waals surface area contributed by atoms with Crippen LogP contribution in [0.1, 0.15) is 11.6 Å². The minimum Gasteiger partial charge on any atom is -0.394 e. The highest BCUT2D eigenvalue weighted by molar-refractivity contribution is 5.82. The van der Waals surface area contributed by atoms with Gasteiger partial charge in [-0.2, -0.15) is 13.2 Å². The van der Waals surface area contributed by atoms with E-state index in [2.05, 4.69) is 0 Å². The number of nitrogens with one attached hydrogen (secondary N) is 1. The lowest BCUT2D eigenvalue weighted by Gasteiger charge is -2.17. The molecule has 0 fully saturated rings. The van der Waals surface area contributed by atoms with Crippen molar-refractivity contribution in [3.8, 4) is 0 Å². The van der Waals surface area contributed by atoms with E-state index in [0.29, 0.717) is 5.56 Å². The van der Waals surface area contributed by atoms with Crippen LogP contribution in [-0.4, -0.2) is 23.8 Å². The summed E-state index contributed by atoms with van der Waals surface area (Å²) >= 11 is 0. The first-order chi connectivity index (χ1) is 7.45. The second kappa shape index (κ2) is 4.98. The number of aliphatic hydroxyl groups excluding tert-OH is 1. The summed E-state index contributed by atoms with van der Waals surface area (Å²) in [5, 5.41) is 10.6. The zero-order chi connectivity index (χ0) is 12.2. The van der Waals surface area contributed by atoms with Gasteiger partial charge in [0, 0.05) is 0 Å². The van der Waals surface area contributed by atoms with Crippen molar-refractivity contribution in [2.24, 2.45) is 0 Å². The van der Waals surface area contributed by atoms with Crippen molar-refractivity contribution in [1.29, 1.82) is 0 Å². The monoisotopic (exact) mass is 233 g/mol. The molecule has 0 unspecified atom stereocenters. The molecule has 1 rings (SSSR count). The van der Waals surface area contributed by atoms with Crippen LogP contribution >= 0.6 is 0 Å². The Morgan fingerprint density at radius 3 is 2.31 bits per heavy atom. The maximum atomic E-state index is 12.0. The lowest BCUT2D eigenvalue weighted by Crippen LogP contribution is -2.40. The molecule has 0 saturated carbocycles. The molecule has 16 heavy (non-hydrogen) atoms. The molecule has 0 spiro atoms. The third-order valence-electron chi connectivity index (χ3n) is 1.95. The molecule has 0 radical (unpaired) electrons. The van der Waals surface area contributed by atoms with Gasteiger partial charge in [0.2, 0.25) is 0 Å². The van der Waals surface area contributed by atoms with Gasteiger partial charge in [0.1, 0.15) is 0 Å². The average molecular weight is 233 g/mol. The smallest absolute Gasteiger partial charge is 0.394 e. The number of carbonyl (C=O) groups is 1. The van der Waals surface area contributed by atoms with Gasteiger partial charge in [0.25, 0.3) is 0 Å². The van der Waals surface area contributed by atoms with E-state index in [1.165, 1.54) is 12.1 Å². The van der Waals surface area contributed by atoms with Crippen molar-refractivity contribution >= 4 is 5.91 Å². The van der Waals surface area contributed by atoms with Crippen LogP contribution in [0, 0.1) is 0 Å². The number of halogens is 3. The van der Waals surface area contributed by atoms with Gasteiger partial charge in [-0.3, -0.25) is 4.79 Å². The van der Waals surface area contributed by atoms with Crippen molar-refractivity contribution in [1.82, 2.24) is 5.32 Å². The molecule has 0 aliphatic rings. The number of aliphatic hydroxyl groups is 1. The van der Waals surface area contributed by atoms with Crippen LogP contribution in [0.25, 0.3) is 0 Å². The SMILES string of the molecule is O=C(N[C@@H](CO)c1ccccc1)C(F)(F)F. The van der Waals surface area contributed by atoms with E-state index in [1.807, 2.05) is 0 Å². The van der Waals surface area contributed by atoms with Crippen molar-refractivity contribution < 1.29 is 23.1 Å². The molecule has 6 heteroatoms. The molecule has 0 aromatic heterocycles. The highest BCUT2D eigenvalue weighted by atomic mass is 19.4. The Bertz CT molecular complexity index is 351. The third kappa shape index (κ3) is 3.23. The van der Waals surface area contributed by atoms with E-state index in [9.17, 15) is 18.0 Å². The molecule has 0 heterocycles. The first kappa shape index (κ1) is 12.5. The van der Waals surface area contributed by atoms with Gasteiger partial charge in [-0.15, -0.1) is 0 Å². The number of carbonyl (C=O) groups excluding carboxylic acids is 1. The Morgan fingerprint density at radius 2 is 1.88 bits per heavy atom.